The Bertz CT molecular complexity index is 694. The number of ether oxygens (including phenoxy) is 1. The third-order valence-electron chi connectivity index (χ3n) is 3.94. The van der Waals surface area contributed by atoms with Crippen molar-refractivity contribution in [1.82, 2.24) is 9.88 Å². The van der Waals surface area contributed by atoms with E-state index in [1.807, 2.05) is 12.3 Å². The summed E-state index contributed by atoms with van der Waals surface area (Å²) in [6.45, 7) is 2.53. The summed E-state index contributed by atoms with van der Waals surface area (Å²) in [5.41, 5.74) is 2.99. The van der Waals surface area contributed by atoms with E-state index in [-0.39, 0.29) is 6.61 Å². The van der Waals surface area contributed by atoms with Crippen LogP contribution in [0.4, 0.5) is 0 Å². The second-order valence-corrected chi connectivity index (χ2v) is 5.70. The van der Waals surface area contributed by atoms with Crippen molar-refractivity contribution < 1.29 is 9.84 Å². The number of hydrogen-bond acceptors (Lipinski definition) is 5. The predicted molar refractivity (Wildman–Crippen MR) is 85.9 cm³/mol. The van der Waals surface area contributed by atoms with E-state index in [2.05, 4.69) is 22.0 Å². The molecule has 1 atom stereocenters. The van der Waals surface area contributed by atoms with E-state index in [4.69, 9.17) is 10.00 Å². The summed E-state index contributed by atoms with van der Waals surface area (Å²) >= 11 is 0. The molecule has 1 aromatic heterocycles. The van der Waals surface area contributed by atoms with Crippen molar-refractivity contribution in [3.05, 3.63) is 59.4 Å². The van der Waals surface area contributed by atoms with Gasteiger partial charge in [0, 0.05) is 37.9 Å². The Kier molecular flexibility index (Phi) is 4.86. The van der Waals surface area contributed by atoms with Crippen molar-refractivity contribution in [2.75, 3.05) is 19.7 Å². The lowest BCUT2D eigenvalue weighted by molar-refractivity contribution is 0.0635. The van der Waals surface area contributed by atoms with E-state index in [0.29, 0.717) is 17.9 Å². The standard InChI is InChI=1S/C18H19N3O2/c19-10-14-3-5-17(6-4-14)23-13-16(22)12-21-9-7-18-15(11-21)2-1-8-20-18/h1-6,8,16,22H,7,9,11-13H2. The number of rotatable bonds is 5. The third kappa shape index (κ3) is 4.07. The van der Waals surface area contributed by atoms with Gasteiger partial charge in [0.1, 0.15) is 18.5 Å². The van der Waals surface area contributed by atoms with Crippen molar-refractivity contribution in [2.45, 2.75) is 19.1 Å². The highest BCUT2D eigenvalue weighted by molar-refractivity contribution is 5.34. The highest BCUT2D eigenvalue weighted by atomic mass is 16.5. The van der Waals surface area contributed by atoms with Crippen molar-refractivity contribution in [3.8, 4) is 11.8 Å². The van der Waals surface area contributed by atoms with Gasteiger partial charge in [-0.05, 0) is 35.9 Å². The normalized spacial score (nSPS) is 15.5. The first-order valence-electron chi connectivity index (χ1n) is 7.71. The van der Waals surface area contributed by atoms with E-state index in [1.54, 1.807) is 24.3 Å². The second kappa shape index (κ2) is 7.23. The summed E-state index contributed by atoms with van der Waals surface area (Å²) in [5, 5.41) is 18.9. The molecular weight excluding hydrogens is 290 g/mol. The summed E-state index contributed by atoms with van der Waals surface area (Å²) in [7, 11) is 0. The van der Waals surface area contributed by atoms with Crippen LogP contribution in [0.5, 0.6) is 5.75 Å². The molecule has 2 aromatic rings. The Hall–Kier alpha value is -2.42. The molecule has 0 spiro atoms. The van der Waals surface area contributed by atoms with Gasteiger partial charge in [0.2, 0.25) is 0 Å². The number of hydrogen-bond donors (Lipinski definition) is 1. The maximum absolute atomic E-state index is 10.2. The Morgan fingerprint density at radius 3 is 2.91 bits per heavy atom. The Balaban J connectivity index is 1.48. The second-order valence-electron chi connectivity index (χ2n) is 5.70. The highest BCUT2D eigenvalue weighted by Crippen LogP contribution is 2.17. The van der Waals surface area contributed by atoms with Crippen molar-refractivity contribution in [2.24, 2.45) is 0 Å². The first-order chi connectivity index (χ1) is 11.2. The van der Waals surface area contributed by atoms with Gasteiger partial charge in [0.25, 0.3) is 0 Å². The number of fused-ring (bicyclic) bond motifs is 1. The lowest BCUT2D eigenvalue weighted by atomic mass is 10.1. The molecule has 1 aliphatic heterocycles. The lowest BCUT2D eigenvalue weighted by Crippen LogP contribution is -2.39. The molecule has 0 fully saturated rings. The summed E-state index contributed by atoms with van der Waals surface area (Å²) < 4.78 is 5.58. The average molecular weight is 309 g/mol. The molecule has 1 unspecified atom stereocenters. The average Bonchev–Trinajstić information content (AvgIpc) is 2.60. The molecule has 118 valence electrons. The molecule has 1 aliphatic rings. The van der Waals surface area contributed by atoms with Gasteiger partial charge in [-0.1, -0.05) is 6.07 Å². The summed E-state index contributed by atoms with van der Waals surface area (Å²) in [6, 6.07) is 13.0. The topological polar surface area (TPSA) is 69.4 Å². The molecule has 23 heavy (non-hydrogen) atoms. The molecule has 0 bridgehead atoms. The van der Waals surface area contributed by atoms with Crippen LogP contribution in [0.25, 0.3) is 0 Å². The molecule has 1 aromatic carbocycles. The molecule has 3 rings (SSSR count). The number of benzene rings is 1. The quantitative estimate of drug-likeness (QED) is 0.911. The zero-order chi connectivity index (χ0) is 16.1. The van der Waals surface area contributed by atoms with Crippen LogP contribution in [-0.2, 0) is 13.0 Å². The highest BCUT2D eigenvalue weighted by Gasteiger charge is 2.19. The summed E-state index contributed by atoms with van der Waals surface area (Å²) in [5.74, 6) is 0.663. The molecule has 0 amide bonds. The largest absolute Gasteiger partial charge is 0.491 e. The van der Waals surface area contributed by atoms with Gasteiger partial charge in [-0.25, -0.2) is 0 Å². The zero-order valence-corrected chi connectivity index (χ0v) is 12.9. The SMILES string of the molecule is N#Cc1ccc(OCC(O)CN2CCc3ncccc3C2)cc1. The molecule has 5 nitrogen and oxygen atoms in total. The number of aromatic nitrogens is 1. The lowest BCUT2D eigenvalue weighted by Gasteiger charge is -2.29. The third-order valence-corrected chi connectivity index (χ3v) is 3.94. The fourth-order valence-electron chi connectivity index (χ4n) is 2.75. The van der Waals surface area contributed by atoms with E-state index < -0.39 is 6.10 Å². The predicted octanol–water partition coefficient (Wildman–Crippen LogP) is 1.75. The van der Waals surface area contributed by atoms with Gasteiger partial charge < -0.3 is 9.84 Å². The van der Waals surface area contributed by atoms with Crippen molar-refractivity contribution in [1.29, 1.82) is 5.26 Å². The maximum atomic E-state index is 10.2. The summed E-state index contributed by atoms with van der Waals surface area (Å²) in [4.78, 5) is 6.61. The number of nitrogens with zero attached hydrogens (tertiary/aromatic N) is 3. The van der Waals surface area contributed by atoms with E-state index >= 15 is 0 Å². The number of β-amino-alcohol motifs (C(OH)–C–C–N with tert-alkyl or cyclic N) is 1. The van der Waals surface area contributed by atoms with E-state index in [9.17, 15) is 5.11 Å². The molecule has 0 radical (unpaired) electrons. The Morgan fingerprint density at radius 2 is 2.13 bits per heavy atom. The van der Waals surface area contributed by atoms with Gasteiger partial charge in [-0.3, -0.25) is 9.88 Å². The van der Waals surface area contributed by atoms with Crippen LogP contribution in [0.1, 0.15) is 16.8 Å². The fourth-order valence-corrected chi connectivity index (χ4v) is 2.75. The van der Waals surface area contributed by atoms with Crippen LogP contribution < -0.4 is 4.74 Å². The minimum Gasteiger partial charge on any atom is -0.491 e. The smallest absolute Gasteiger partial charge is 0.119 e. The minimum atomic E-state index is -0.552. The van der Waals surface area contributed by atoms with Crippen molar-refractivity contribution in [3.63, 3.8) is 0 Å². The van der Waals surface area contributed by atoms with Crippen LogP contribution in [0.15, 0.2) is 42.6 Å². The first-order valence-corrected chi connectivity index (χ1v) is 7.71. The van der Waals surface area contributed by atoms with Crippen LogP contribution in [0.3, 0.4) is 0 Å². The van der Waals surface area contributed by atoms with E-state index in [0.717, 1.165) is 25.2 Å². The number of aliphatic hydroxyl groups excluding tert-OH is 1. The monoisotopic (exact) mass is 309 g/mol. The van der Waals surface area contributed by atoms with Crippen LogP contribution in [-0.4, -0.2) is 40.8 Å². The van der Waals surface area contributed by atoms with Gasteiger partial charge in [-0.15, -0.1) is 0 Å². The summed E-state index contributed by atoms with van der Waals surface area (Å²) in [6.07, 6.45) is 2.19. The van der Waals surface area contributed by atoms with Crippen molar-refractivity contribution >= 4 is 0 Å². The van der Waals surface area contributed by atoms with Gasteiger partial charge >= 0.3 is 0 Å². The number of aliphatic hydroxyl groups is 1. The molecule has 0 saturated heterocycles. The number of nitriles is 1. The molecule has 0 saturated carbocycles. The van der Waals surface area contributed by atoms with Crippen LogP contribution in [0, 0.1) is 11.3 Å². The van der Waals surface area contributed by atoms with Crippen LogP contribution in [0.2, 0.25) is 0 Å². The molecule has 2 heterocycles. The molecule has 5 heteroatoms. The zero-order valence-electron chi connectivity index (χ0n) is 12.9. The van der Waals surface area contributed by atoms with Gasteiger partial charge in [0.15, 0.2) is 0 Å². The first kappa shape index (κ1) is 15.5. The maximum Gasteiger partial charge on any atom is 0.119 e. The fraction of sp³-hybridized carbons (Fsp3) is 0.333. The van der Waals surface area contributed by atoms with E-state index in [1.165, 1.54) is 5.56 Å². The minimum absolute atomic E-state index is 0.238. The van der Waals surface area contributed by atoms with Gasteiger partial charge in [-0.2, -0.15) is 5.26 Å². The Morgan fingerprint density at radius 1 is 1.30 bits per heavy atom. The van der Waals surface area contributed by atoms with Gasteiger partial charge in [0.05, 0.1) is 11.6 Å². The molecular formula is C18H19N3O2. The van der Waals surface area contributed by atoms with Crippen LogP contribution >= 0.6 is 0 Å². The Labute approximate surface area is 135 Å². The number of pyridine rings is 1. The molecule has 0 aliphatic carbocycles. The molecule has 1 N–H and O–H groups in total.